The Kier molecular flexibility index (Phi) is 4.53. The van der Waals surface area contributed by atoms with Gasteiger partial charge in [-0.25, -0.2) is 0 Å². The molecule has 5 heteroatoms. The van der Waals surface area contributed by atoms with Gasteiger partial charge in [0.25, 0.3) is 5.91 Å². The van der Waals surface area contributed by atoms with Gasteiger partial charge in [-0.3, -0.25) is 9.59 Å². The van der Waals surface area contributed by atoms with Gasteiger partial charge in [-0.2, -0.15) is 0 Å². The molecule has 2 heterocycles. The number of carbonyl (C=O) groups is 2. The van der Waals surface area contributed by atoms with Crippen LogP contribution in [0.2, 0.25) is 0 Å². The standard InChI is InChI=1S/C17H18N2O2S/c20-16(8-7-13-4-3-9-22-13)18-10-12-11-19-17(21)15-6-2-1-5-14(12)15/h1-6,9,12H,7-8,10-11H2,(H,18,20)(H,19,21). The van der Waals surface area contributed by atoms with E-state index >= 15 is 0 Å². The van der Waals surface area contributed by atoms with Crippen molar-refractivity contribution in [3.8, 4) is 0 Å². The van der Waals surface area contributed by atoms with Gasteiger partial charge in [-0.15, -0.1) is 11.3 Å². The predicted octanol–water partition coefficient (Wildman–Crippen LogP) is 2.32. The molecule has 0 spiro atoms. The summed E-state index contributed by atoms with van der Waals surface area (Å²) in [6.45, 7) is 1.13. The average Bonchev–Trinajstić information content (AvgIpc) is 3.06. The van der Waals surface area contributed by atoms with E-state index < -0.39 is 0 Å². The fourth-order valence-electron chi connectivity index (χ4n) is 2.68. The molecule has 1 atom stereocenters. The molecule has 0 bridgehead atoms. The Morgan fingerprint density at radius 2 is 2.14 bits per heavy atom. The molecule has 2 amide bonds. The van der Waals surface area contributed by atoms with Gasteiger partial charge in [-0.05, 0) is 29.5 Å². The van der Waals surface area contributed by atoms with Crippen molar-refractivity contribution in [3.05, 3.63) is 57.8 Å². The second-order valence-corrected chi connectivity index (χ2v) is 6.41. The molecule has 0 saturated heterocycles. The minimum atomic E-state index is -0.0316. The van der Waals surface area contributed by atoms with Crippen LogP contribution in [0.15, 0.2) is 41.8 Å². The number of hydrogen-bond acceptors (Lipinski definition) is 3. The van der Waals surface area contributed by atoms with Crippen molar-refractivity contribution in [2.24, 2.45) is 0 Å². The maximum Gasteiger partial charge on any atom is 0.251 e. The van der Waals surface area contributed by atoms with Crippen molar-refractivity contribution in [3.63, 3.8) is 0 Å². The molecule has 1 aromatic heterocycles. The van der Waals surface area contributed by atoms with Gasteiger partial charge in [-0.1, -0.05) is 24.3 Å². The number of hydrogen-bond donors (Lipinski definition) is 2. The van der Waals surface area contributed by atoms with Crippen LogP contribution in [-0.4, -0.2) is 24.9 Å². The molecular weight excluding hydrogens is 296 g/mol. The lowest BCUT2D eigenvalue weighted by atomic mass is 9.90. The van der Waals surface area contributed by atoms with Crippen molar-refractivity contribution in [2.45, 2.75) is 18.8 Å². The van der Waals surface area contributed by atoms with Crippen LogP contribution in [0, 0.1) is 0 Å². The van der Waals surface area contributed by atoms with Crippen molar-refractivity contribution < 1.29 is 9.59 Å². The Morgan fingerprint density at radius 3 is 2.95 bits per heavy atom. The summed E-state index contributed by atoms with van der Waals surface area (Å²) in [4.78, 5) is 25.0. The van der Waals surface area contributed by atoms with Gasteiger partial charge < -0.3 is 10.6 Å². The largest absolute Gasteiger partial charge is 0.355 e. The summed E-state index contributed by atoms with van der Waals surface area (Å²) in [6, 6.07) is 11.6. The summed E-state index contributed by atoms with van der Waals surface area (Å²) in [7, 11) is 0. The fraction of sp³-hybridized carbons (Fsp3) is 0.294. The Hall–Kier alpha value is -2.14. The van der Waals surface area contributed by atoms with E-state index in [0.717, 1.165) is 12.0 Å². The van der Waals surface area contributed by atoms with E-state index in [1.165, 1.54) is 4.88 Å². The summed E-state index contributed by atoms with van der Waals surface area (Å²) in [5, 5.41) is 7.89. The molecule has 0 radical (unpaired) electrons. The SMILES string of the molecule is O=C(CCc1cccs1)NCC1CNC(=O)c2ccccc21. The summed E-state index contributed by atoms with van der Waals surface area (Å²) < 4.78 is 0. The van der Waals surface area contributed by atoms with Crippen LogP contribution in [-0.2, 0) is 11.2 Å². The molecule has 3 rings (SSSR count). The Labute approximate surface area is 133 Å². The number of rotatable bonds is 5. The summed E-state index contributed by atoms with van der Waals surface area (Å²) in [5.41, 5.74) is 1.73. The molecular formula is C17H18N2O2S. The van der Waals surface area contributed by atoms with Crippen molar-refractivity contribution in [1.82, 2.24) is 10.6 Å². The number of benzene rings is 1. The molecule has 0 fully saturated rings. The van der Waals surface area contributed by atoms with Gasteiger partial charge in [0.15, 0.2) is 0 Å². The first-order chi connectivity index (χ1) is 10.7. The number of carbonyl (C=O) groups excluding carboxylic acids is 2. The lowest BCUT2D eigenvalue weighted by Crippen LogP contribution is -2.40. The molecule has 0 aliphatic carbocycles. The minimum absolute atomic E-state index is 0.0316. The lowest BCUT2D eigenvalue weighted by Gasteiger charge is -2.25. The summed E-state index contributed by atoms with van der Waals surface area (Å²) in [6.07, 6.45) is 1.28. The van der Waals surface area contributed by atoms with Crippen LogP contribution < -0.4 is 10.6 Å². The second-order valence-electron chi connectivity index (χ2n) is 5.38. The summed E-state index contributed by atoms with van der Waals surface area (Å²) in [5.74, 6) is 0.165. The Balaban J connectivity index is 1.54. The highest BCUT2D eigenvalue weighted by Crippen LogP contribution is 2.23. The maximum absolute atomic E-state index is 12.0. The highest BCUT2D eigenvalue weighted by Gasteiger charge is 2.24. The number of aryl methyl sites for hydroxylation is 1. The van der Waals surface area contributed by atoms with Crippen LogP contribution in [0.4, 0.5) is 0 Å². The van der Waals surface area contributed by atoms with Crippen molar-refractivity contribution in [2.75, 3.05) is 13.1 Å². The lowest BCUT2D eigenvalue weighted by molar-refractivity contribution is -0.121. The minimum Gasteiger partial charge on any atom is -0.355 e. The Morgan fingerprint density at radius 1 is 1.27 bits per heavy atom. The second kappa shape index (κ2) is 6.75. The van der Waals surface area contributed by atoms with E-state index in [-0.39, 0.29) is 17.7 Å². The summed E-state index contributed by atoms with van der Waals surface area (Å²) >= 11 is 1.67. The molecule has 0 saturated carbocycles. The Bertz CT molecular complexity index is 667. The first kappa shape index (κ1) is 14.8. The van der Waals surface area contributed by atoms with Gasteiger partial charge >= 0.3 is 0 Å². The number of amides is 2. The van der Waals surface area contributed by atoms with Gasteiger partial charge in [0.2, 0.25) is 5.91 Å². The number of nitrogens with one attached hydrogen (secondary N) is 2. The monoisotopic (exact) mass is 314 g/mol. The topological polar surface area (TPSA) is 58.2 Å². The molecule has 114 valence electrons. The van der Waals surface area contributed by atoms with Crippen LogP contribution in [0.1, 0.15) is 33.1 Å². The van der Waals surface area contributed by atoms with Crippen LogP contribution in [0.3, 0.4) is 0 Å². The molecule has 2 aromatic rings. The molecule has 1 aliphatic heterocycles. The molecule has 1 aliphatic rings. The molecule has 2 N–H and O–H groups in total. The third kappa shape index (κ3) is 3.36. The first-order valence-corrected chi connectivity index (χ1v) is 8.28. The fourth-order valence-corrected chi connectivity index (χ4v) is 3.39. The molecule has 1 unspecified atom stereocenters. The van der Waals surface area contributed by atoms with E-state index in [1.807, 2.05) is 41.8 Å². The van der Waals surface area contributed by atoms with Crippen molar-refractivity contribution in [1.29, 1.82) is 0 Å². The normalized spacial score (nSPS) is 16.7. The quantitative estimate of drug-likeness (QED) is 0.890. The molecule has 1 aromatic carbocycles. The van der Waals surface area contributed by atoms with Gasteiger partial charge in [0, 0.05) is 35.9 Å². The smallest absolute Gasteiger partial charge is 0.251 e. The van der Waals surface area contributed by atoms with Gasteiger partial charge in [0.05, 0.1) is 0 Å². The highest BCUT2D eigenvalue weighted by molar-refractivity contribution is 7.09. The third-order valence-corrected chi connectivity index (χ3v) is 4.81. The molecule has 22 heavy (non-hydrogen) atoms. The van der Waals surface area contributed by atoms with Crippen LogP contribution in [0.5, 0.6) is 0 Å². The first-order valence-electron chi connectivity index (χ1n) is 7.40. The predicted molar refractivity (Wildman–Crippen MR) is 87.2 cm³/mol. The van der Waals surface area contributed by atoms with Crippen LogP contribution in [0.25, 0.3) is 0 Å². The van der Waals surface area contributed by atoms with E-state index in [9.17, 15) is 9.59 Å². The zero-order chi connectivity index (χ0) is 15.4. The number of thiophene rings is 1. The van der Waals surface area contributed by atoms with Crippen molar-refractivity contribution >= 4 is 23.2 Å². The van der Waals surface area contributed by atoms with Gasteiger partial charge in [0.1, 0.15) is 0 Å². The van der Waals surface area contributed by atoms with E-state index in [2.05, 4.69) is 10.6 Å². The maximum atomic E-state index is 12.0. The van der Waals surface area contributed by atoms with Crippen LogP contribution >= 0.6 is 11.3 Å². The number of fused-ring (bicyclic) bond motifs is 1. The average molecular weight is 314 g/mol. The third-order valence-electron chi connectivity index (χ3n) is 3.88. The zero-order valence-corrected chi connectivity index (χ0v) is 13.0. The highest BCUT2D eigenvalue weighted by atomic mass is 32.1. The van der Waals surface area contributed by atoms with E-state index in [1.54, 1.807) is 11.3 Å². The van der Waals surface area contributed by atoms with E-state index in [0.29, 0.717) is 25.1 Å². The molecule has 4 nitrogen and oxygen atoms in total. The van der Waals surface area contributed by atoms with E-state index in [4.69, 9.17) is 0 Å². The zero-order valence-electron chi connectivity index (χ0n) is 12.2.